The third-order valence-electron chi connectivity index (χ3n) is 3.07. The summed E-state index contributed by atoms with van der Waals surface area (Å²) in [7, 11) is 1.66. The first-order valence-electron chi connectivity index (χ1n) is 6.51. The van der Waals surface area contributed by atoms with Gasteiger partial charge in [-0.25, -0.2) is 4.79 Å². The monoisotopic (exact) mass is 265 g/mol. The Balaban J connectivity index is 2.86. The number of aliphatic hydroxyl groups is 1. The maximum absolute atomic E-state index is 12.0. The second-order valence-corrected chi connectivity index (χ2v) is 5.02. The first-order valence-corrected chi connectivity index (χ1v) is 6.51. The smallest absolute Gasteiger partial charge is 0.317 e. The van der Waals surface area contributed by atoms with E-state index in [2.05, 4.69) is 10.3 Å². The van der Waals surface area contributed by atoms with Crippen LogP contribution in [0, 0.1) is 12.8 Å². The largest absolute Gasteiger partial charge is 0.395 e. The molecule has 2 N–H and O–H groups in total. The Bertz CT molecular complexity index is 421. The summed E-state index contributed by atoms with van der Waals surface area (Å²) in [6.07, 6.45) is 1.74. The predicted octanol–water partition coefficient (Wildman–Crippen LogP) is 1.72. The highest BCUT2D eigenvalue weighted by molar-refractivity contribution is 5.74. The number of urea groups is 1. The molecule has 1 unspecified atom stereocenters. The van der Waals surface area contributed by atoms with Gasteiger partial charge in [0.1, 0.15) is 0 Å². The summed E-state index contributed by atoms with van der Waals surface area (Å²) >= 11 is 0. The van der Waals surface area contributed by atoms with Crippen LogP contribution in [-0.4, -0.2) is 41.2 Å². The maximum atomic E-state index is 12.0. The molecule has 5 nitrogen and oxygen atoms in total. The third kappa shape index (κ3) is 4.21. The number of aryl methyl sites for hydroxylation is 1. The molecule has 0 fully saturated rings. The van der Waals surface area contributed by atoms with Crippen LogP contribution in [0.4, 0.5) is 4.79 Å². The van der Waals surface area contributed by atoms with Crippen LogP contribution in [0.25, 0.3) is 0 Å². The average Bonchev–Trinajstić information content (AvgIpc) is 2.36. The minimum Gasteiger partial charge on any atom is -0.395 e. The molecule has 0 saturated heterocycles. The number of nitrogens with zero attached hydrogens (tertiary/aromatic N) is 2. The highest BCUT2D eigenvalue weighted by atomic mass is 16.3. The van der Waals surface area contributed by atoms with Gasteiger partial charge in [-0.05, 0) is 24.5 Å². The SMILES string of the molecule is Cc1cccnc1C(NC(=O)N(C)CCO)C(C)C. The zero-order valence-electron chi connectivity index (χ0n) is 12.1. The van der Waals surface area contributed by atoms with E-state index in [-0.39, 0.29) is 24.6 Å². The fourth-order valence-electron chi connectivity index (χ4n) is 1.87. The van der Waals surface area contributed by atoms with E-state index in [1.165, 1.54) is 4.90 Å². The summed E-state index contributed by atoms with van der Waals surface area (Å²) < 4.78 is 0. The van der Waals surface area contributed by atoms with E-state index in [1.54, 1.807) is 13.2 Å². The molecule has 1 atom stereocenters. The second-order valence-electron chi connectivity index (χ2n) is 5.02. The summed E-state index contributed by atoms with van der Waals surface area (Å²) in [6.45, 7) is 6.36. The molecule has 0 spiro atoms. The van der Waals surface area contributed by atoms with Crippen LogP contribution in [0.5, 0.6) is 0 Å². The van der Waals surface area contributed by atoms with Crippen LogP contribution in [-0.2, 0) is 0 Å². The van der Waals surface area contributed by atoms with Gasteiger partial charge in [-0.1, -0.05) is 19.9 Å². The van der Waals surface area contributed by atoms with Crippen molar-refractivity contribution in [1.29, 1.82) is 0 Å². The van der Waals surface area contributed by atoms with Gasteiger partial charge in [0.25, 0.3) is 0 Å². The minimum absolute atomic E-state index is 0.0428. The molecular weight excluding hydrogens is 242 g/mol. The molecule has 0 aliphatic rings. The van der Waals surface area contributed by atoms with Crippen molar-refractivity contribution >= 4 is 6.03 Å². The third-order valence-corrected chi connectivity index (χ3v) is 3.07. The number of carbonyl (C=O) groups is 1. The highest BCUT2D eigenvalue weighted by Crippen LogP contribution is 2.22. The van der Waals surface area contributed by atoms with Crippen molar-refractivity contribution in [3.63, 3.8) is 0 Å². The molecule has 0 aliphatic heterocycles. The molecule has 106 valence electrons. The number of amides is 2. The number of aromatic nitrogens is 1. The summed E-state index contributed by atoms with van der Waals surface area (Å²) in [5.41, 5.74) is 1.95. The van der Waals surface area contributed by atoms with E-state index in [0.29, 0.717) is 6.54 Å². The number of aliphatic hydroxyl groups excluding tert-OH is 1. The predicted molar refractivity (Wildman–Crippen MR) is 74.8 cm³/mol. The van der Waals surface area contributed by atoms with Gasteiger partial charge in [0.2, 0.25) is 0 Å². The Kier molecular flexibility index (Phi) is 5.76. The van der Waals surface area contributed by atoms with Crippen LogP contribution in [0.3, 0.4) is 0 Å². The van der Waals surface area contributed by atoms with Gasteiger partial charge in [0.15, 0.2) is 0 Å². The van der Waals surface area contributed by atoms with E-state index in [1.807, 2.05) is 32.9 Å². The van der Waals surface area contributed by atoms with Crippen molar-refractivity contribution in [2.45, 2.75) is 26.8 Å². The summed E-state index contributed by atoms with van der Waals surface area (Å²) in [5, 5.41) is 11.8. The van der Waals surface area contributed by atoms with Crippen molar-refractivity contribution in [3.05, 3.63) is 29.6 Å². The lowest BCUT2D eigenvalue weighted by atomic mass is 9.97. The topological polar surface area (TPSA) is 65.5 Å². The standard InChI is InChI=1S/C14H23N3O2/c1-10(2)12(13-11(3)6-5-7-15-13)16-14(19)17(4)8-9-18/h5-7,10,12,18H,8-9H2,1-4H3,(H,16,19). The number of hydrogen-bond donors (Lipinski definition) is 2. The molecule has 1 rings (SSSR count). The zero-order valence-corrected chi connectivity index (χ0v) is 12.1. The Morgan fingerprint density at radius 3 is 2.74 bits per heavy atom. The quantitative estimate of drug-likeness (QED) is 0.852. The molecule has 0 saturated carbocycles. The van der Waals surface area contributed by atoms with Crippen molar-refractivity contribution in [3.8, 4) is 0 Å². The first-order chi connectivity index (χ1) is 8.97. The van der Waals surface area contributed by atoms with Gasteiger partial charge >= 0.3 is 6.03 Å². The van der Waals surface area contributed by atoms with Gasteiger partial charge < -0.3 is 15.3 Å². The summed E-state index contributed by atoms with van der Waals surface area (Å²) in [6, 6.07) is 3.55. The normalized spacial score (nSPS) is 12.3. The van der Waals surface area contributed by atoms with Crippen LogP contribution in [0.1, 0.15) is 31.1 Å². The average molecular weight is 265 g/mol. The molecule has 0 aliphatic carbocycles. The summed E-state index contributed by atoms with van der Waals surface area (Å²) in [5.74, 6) is 0.236. The van der Waals surface area contributed by atoms with E-state index in [4.69, 9.17) is 5.11 Å². The van der Waals surface area contributed by atoms with Crippen LogP contribution >= 0.6 is 0 Å². The molecule has 2 amide bonds. The molecule has 5 heteroatoms. The van der Waals surface area contributed by atoms with Crippen molar-refractivity contribution < 1.29 is 9.90 Å². The van der Waals surface area contributed by atoms with E-state index >= 15 is 0 Å². The van der Waals surface area contributed by atoms with Gasteiger partial charge in [-0.2, -0.15) is 0 Å². The first kappa shape index (κ1) is 15.4. The Morgan fingerprint density at radius 1 is 1.53 bits per heavy atom. The van der Waals surface area contributed by atoms with E-state index in [0.717, 1.165) is 11.3 Å². The highest BCUT2D eigenvalue weighted by Gasteiger charge is 2.22. The molecule has 19 heavy (non-hydrogen) atoms. The summed E-state index contributed by atoms with van der Waals surface area (Å²) in [4.78, 5) is 17.8. The lowest BCUT2D eigenvalue weighted by molar-refractivity contribution is 0.183. The zero-order chi connectivity index (χ0) is 14.4. The molecule has 0 aromatic carbocycles. The van der Waals surface area contributed by atoms with Crippen molar-refractivity contribution in [1.82, 2.24) is 15.2 Å². The van der Waals surface area contributed by atoms with E-state index < -0.39 is 0 Å². The van der Waals surface area contributed by atoms with Gasteiger partial charge in [0.05, 0.1) is 18.3 Å². The number of likely N-dealkylation sites (N-methyl/N-ethyl adjacent to an activating group) is 1. The van der Waals surface area contributed by atoms with Gasteiger partial charge in [0, 0.05) is 19.8 Å². The number of nitrogens with one attached hydrogen (secondary N) is 1. The second kappa shape index (κ2) is 7.09. The fraction of sp³-hybridized carbons (Fsp3) is 0.571. The Hall–Kier alpha value is -1.62. The molecule has 1 heterocycles. The Morgan fingerprint density at radius 2 is 2.21 bits per heavy atom. The van der Waals surface area contributed by atoms with Gasteiger partial charge in [-0.3, -0.25) is 4.98 Å². The number of pyridine rings is 1. The minimum atomic E-state index is -0.196. The molecule has 1 aromatic rings. The molecule has 0 radical (unpaired) electrons. The Labute approximate surface area is 114 Å². The number of carbonyl (C=O) groups excluding carboxylic acids is 1. The van der Waals surface area contributed by atoms with Crippen molar-refractivity contribution in [2.24, 2.45) is 5.92 Å². The number of hydrogen-bond acceptors (Lipinski definition) is 3. The van der Waals surface area contributed by atoms with Crippen LogP contribution < -0.4 is 5.32 Å². The fourth-order valence-corrected chi connectivity index (χ4v) is 1.87. The van der Waals surface area contributed by atoms with Crippen molar-refractivity contribution in [2.75, 3.05) is 20.2 Å². The molecular formula is C14H23N3O2. The van der Waals surface area contributed by atoms with Crippen LogP contribution in [0.15, 0.2) is 18.3 Å². The van der Waals surface area contributed by atoms with E-state index in [9.17, 15) is 4.79 Å². The number of rotatable bonds is 5. The molecule has 0 bridgehead atoms. The molecule has 1 aromatic heterocycles. The maximum Gasteiger partial charge on any atom is 0.317 e. The lowest BCUT2D eigenvalue weighted by Crippen LogP contribution is -2.42. The van der Waals surface area contributed by atoms with Crippen LogP contribution in [0.2, 0.25) is 0 Å². The lowest BCUT2D eigenvalue weighted by Gasteiger charge is -2.26. The van der Waals surface area contributed by atoms with Gasteiger partial charge in [-0.15, -0.1) is 0 Å².